The highest BCUT2D eigenvalue weighted by Crippen LogP contribution is 2.14. The molecule has 1 aliphatic rings. The second-order valence-corrected chi connectivity index (χ2v) is 6.26. The fraction of sp³-hybridized carbons (Fsp3) is 0.136. The summed E-state index contributed by atoms with van der Waals surface area (Å²) >= 11 is 0. The molecule has 0 amide bonds. The zero-order valence-corrected chi connectivity index (χ0v) is 15.3. The Bertz CT molecular complexity index is 961. The third-order valence-electron chi connectivity index (χ3n) is 4.06. The number of anilines is 1. The number of carbonyl (C=O) groups is 2. The summed E-state index contributed by atoms with van der Waals surface area (Å²) in [5.74, 6) is -0.420. The molecule has 3 N–H and O–H groups in total. The van der Waals surface area contributed by atoms with Crippen LogP contribution in [0, 0.1) is 0 Å². The summed E-state index contributed by atoms with van der Waals surface area (Å²) < 4.78 is 0. The maximum atomic E-state index is 12.4. The molecule has 142 valence electrons. The van der Waals surface area contributed by atoms with Crippen molar-refractivity contribution in [2.45, 2.75) is 6.42 Å². The number of ketones is 1. The average Bonchev–Trinajstić information content (AvgIpc) is 2.72. The molecule has 0 aliphatic carbocycles. The van der Waals surface area contributed by atoms with Crippen molar-refractivity contribution in [1.29, 1.82) is 0 Å². The predicted octanol–water partition coefficient (Wildman–Crippen LogP) is 3.44. The summed E-state index contributed by atoms with van der Waals surface area (Å²) in [5, 5.41) is 15.1. The molecule has 28 heavy (non-hydrogen) atoms. The quantitative estimate of drug-likeness (QED) is 0.531. The number of rotatable bonds is 6. The van der Waals surface area contributed by atoms with E-state index in [1.807, 2.05) is 24.3 Å². The molecule has 0 fully saturated rings. The molecule has 3 rings (SSSR count). The van der Waals surface area contributed by atoms with Gasteiger partial charge in [-0.2, -0.15) is 0 Å². The van der Waals surface area contributed by atoms with E-state index in [9.17, 15) is 9.59 Å². The number of aliphatic imine (C=N–C) groups is 1. The van der Waals surface area contributed by atoms with E-state index in [0.29, 0.717) is 11.1 Å². The Morgan fingerprint density at radius 3 is 2.54 bits per heavy atom. The van der Waals surface area contributed by atoms with Crippen molar-refractivity contribution in [1.82, 2.24) is 5.32 Å². The van der Waals surface area contributed by atoms with E-state index in [2.05, 4.69) is 15.6 Å². The number of hydrogen-bond acceptors (Lipinski definition) is 5. The van der Waals surface area contributed by atoms with Crippen molar-refractivity contribution >= 4 is 35.6 Å². The van der Waals surface area contributed by atoms with Crippen LogP contribution in [0.2, 0.25) is 0 Å². The number of guanidine groups is 1. The van der Waals surface area contributed by atoms with Gasteiger partial charge in [0.15, 0.2) is 11.7 Å². The lowest BCUT2D eigenvalue weighted by Crippen LogP contribution is -2.35. The molecule has 0 spiro atoms. The Kier molecular flexibility index (Phi) is 6.36. The highest BCUT2D eigenvalue weighted by molar-refractivity contribution is 6.07. The highest BCUT2D eigenvalue weighted by Gasteiger charge is 2.05. The topological polar surface area (TPSA) is 90.8 Å². The number of carbonyl (C=O) groups excluding carboxylic acids is 1. The van der Waals surface area contributed by atoms with Crippen molar-refractivity contribution in [3.8, 4) is 0 Å². The zero-order chi connectivity index (χ0) is 19.8. The van der Waals surface area contributed by atoms with Crippen LogP contribution in [-0.2, 0) is 4.79 Å². The van der Waals surface area contributed by atoms with E-state index in [4.69, 9.17) is 5.11 Å². The van der Waals surface area contributed by atoms with Gasteiger partial charge in [-0.1, -0.05) is 36.4 Å². The first kappa shape index (κ1) is 19.1. The Morgan fingerprint density at radius 1 is 1.04 bits per heavy atom. The van der Waals surface area contributed by atoms with Crippen LogP contribution in [0.3, 0.4) is 0 Å². The normalized spacial score (nSPS) is 13.9. The minimum absolute atomic E-state index is 0.151. The van der Waals surface area contributed by atoms with E-state index in [1.54, 1.807) is 30.3 Å². The minimum Gasteiger partial charge on any atom is -0.478 e. The summed E-state index contributed by atoms with van der Waals surface area (Å²) in [4.78, 5) is 27.4. The lowest BCUT2D eigenvalue weighted by molar-refractivity contribution is -0.131. The van der Waals surface area contributed by atoms with Crippen LogP contribution in [0.15, 0.2) is 65.7 Å². The van der Waals surface area contributed by atoms with Gasteiger partial charge < -0.3 is 15.7 Å². The summed E-state index contributed by atoms with van der Waals surface area (Å²) in [6.45, 7) is 1.71. The van der Waals surface area contributed by atoms with E-state index < -0.39 is 5.97 Å². The molecule has 0 saturated carbocycles. The molecule has 6 heteroatoms. The molecular formula is C22H21N3O3. The number of benzene rings is 2. The summed E-state index contributed by atoms with van der Waals surface area (Å²) in [7, 11) is 0. The molecule has 0 radical (unpaired) electrons. The number of carboxylic acids is 1. The smallest absolute Gasteiger partial charge is 0.328 e. The average molecular weight is 375 g/mol. The van der Waals surface area contributed by atoms with Gasteiger partial charge in [-0.3, -0.25) is 9.79 Å². The van der Waals surface area contributed by atoms with Crippen molar-refractivity contribution in [3.63, 3.8) is 0 Å². The summed E-state index contributed by atoms with van der Waals surface area (Å²) in [5.41, 5.74) is 2.94. The number of hydrogen-bond donors (Lipinski definition) is 3. The van der Waals surface area contributed by atoms with Gasteiger partial charge in [-0.05, 0) is 47.9 Å². The van der Waals surface area contributed by atoms with Gasteiger partial charge in [0.1, 0.15) is 0 Å². The Hall–Kier alpha value is -3.67. The van der Waals surface area contributed by atoms with Crippen LogP contribution in [-0.4, -0.2) is 35.9 Å². The van der Waals surface area contributed by atoms with Crippen LogP contribution >= 0.6 is 0 Å². The predicted molar refractivity (Wildman–Crippen MR) is 111 cm³/mol. The van der Waals surface area contributed by atoms with Gasteiger partial charge in [0.2, 0.25) is 0 Å². The van der Waals surface area contributed by atoms with Crippen molar-refractivity contribution in [2.75, 3.05) is 18.4 Å². The fourth-order valence-electron chi connectivity index (χ4n) is 2.70. The second-order valence-electron chi connectivity index (χ2n) is 6.26. The first-order chi connectivity index (χ1) is 13.6. The summed E-state index contributed by atoms with van der Waals surface area (Å²) in [6.07, 6.45) is 6.80. The molecule has 0 unspecified atom stereocenters. The van der Waals surface area contributed by atoms with Gasteiger partial charge in [-0.25, -0.2) is 4.79 Å². The number of carboxylic acid groups (broad SMARTS) is 1. The third kappa shape index (κ3) is 5.67. The lowest BCUT2D eigenvalue weighted by atomic mass is 10.1. The van der Waals surface area contributed by atoms with Crippen LogP contribution in [0.5, 0.6) is 0 Å². The molecular weight excluding hydrogens is 354 g/mol. The standard InChI is InChI=1S/C22H21N3O3/c26-20(18-6-1-4-16(14-18)9-11-21(27)28)10-8-17-5-2-7-19(15-17)25-22-23-12-3-13-24-22/h1-2,4-11,14-15H,3,12-13H2,(H,27,28)(H2,23,24,25). The highest BCUT2D eigenvalue weighted by atomic mass is 16.4. The van der Waals surface area contributed by atoms with Gasteiger partial charge in [0, 0.05) is 30.4 Å². The molecule has 1 aliphatic heterocycles. The third-order valence-corrected chi connectivity index (χ3v) is 4.06. The van der Waals surface area contributed by atoms with Gasteiger partial charge in [0.25, 0.3) is 0 Å². The molecule has 0 aromatic heterocycles. The van der Waals surface area contributed by atoms with Crippen molar-refractivity contribution in [3.05, 3.63) is 77.4 Å². The fourth-order valence-corrected chi connectivity index (χ4v) is 2.70. The minimum atomic E-state index is -1.03. The van der Waals surface area contributed by atoms with E-state index >= 15 is 0 Å². The largest absolute Gasteiger partial charge is 0.478 e. The van der Waals surface area contributed by atoms with Gasteiger partial charge >= 0.3 is 5.97 Å². The van der Waals surface area contributed by atoms with E-state index in [1.165, 1.54) is 12.2 Å². The number of nitrogens with one attached hydrogen (secondary N) is 2. The molecule has 0 atom stereocenters. The van der Waals surface area contributed by atoms with E-state index in [-0.39, 0.29) is 5.78 Å². The second kappa shape index (κ2) is 9.32. The van der Waals surface area contributed by atoms with Crippen LogP contribution in [0.25, 0.3) is 12.2 Å². The Labute approximate surface area is 163 Å². The maximum absolute atomic E-state index is 12.4. The maximum Gasteiger partial charge on any atom is 0.328 e. The molecule has 0 saturated heterocycles. The van der Waals surface area contributed by atoms with Gasteiger partial charge in [0.05, 0.1) is 0 Å². The number of nitrogens with zero attached hydrogens (tertiary/aromatic N) is 1. The lowest BCUT2D eigenvalue weighted by Gasteiger charge is -2.16. The monoisotopic (exact) mass is 375 g/mol. The molecule has 1 heterocycles. The number of aliphatic carboxylic acids is 1. The van der Waals surface area contributed by atoms with Crippen molar-refractivity contribution in [2.24, 2.45) is 4.99 Å². The molecule has 0 bridgehead atoms. The van der Waals surface area contributed by atoms with Crippen LogP contribution in [0.1, 0.15) is 27.9 Å². The van der Waals surface area contributed by atoms with Crippen LogP contribution < -0.4 is 10.6 Å². The van der Waals surface area contributed by atoms with Crippen molar-refractivity contribution < 1.29 is 14.7 Å². The zero-order valence-electron chi connectivity index (χ0n) is 15.3. The van der Waals surface area contributed by atoms with Gasteiger partial charge in [-0.15, -0.1) is 0 Å². The molecule has 6 nitrogen and oxygen atoms in total. The Balaban J connectivity index is 1.69. The SMILES string of the molecule is O=C(O)C=Cc1cccc(C(=O)C=Cc2cccc(NC3=NCCCN3)c2)c1. The summed E-state index contributed by atoms with van der Waals surface area (Å²) in [6, 6.07) is 14.5. The molecule has 2 aromatic carbocycles. The Morgan fingerprint density at radius 2 is 1.79 bits per heavy atom. The number of allylic oxidation sites excluding steroid dienone is 1. The molecule has 2 aromatic rings. The van der Waals surface area contributed by atoms with E-state index in [0.717, 1.165) is 42.8 Å². The van der Waals surface area contributed by atoms with Crippen LogP contribution in [0.4, 0.5) is 5.69 Å². The first-order valence-electron chi connectivity index (χ1n) is 8.99. The first-order valence-corrected chi connectivity index (χ1v) is 8.99.